The second-order valence-electron chi connectivity index (χ2n) is 5.73. The Bertz CT molecular complexity index is 816. The highest BCUT2D eigenvalue weighted by atomic mass is 19.1. The van der Waals surface area contributed by atoms with Crippen molar-refractivity contribution < 1.29 is 19.1 Å². The summed E-state index contributed by atoms with van der Waals surface area (Å²) in [4.78, 5) is 27.1. The van der Waals surface area contributed by atoms with Crippen molar-refractivity contribution in [3.63, 3.8) is 0 Å². The summed E-state index contributed by atoms with van der Waals surface area (Å²) in [5, 5.41) is 19.4. The molecule has 2 rings (SSSR count). The van der Waals surface area contributed by atoms with Crippen LogP contribution in [0.1, 0.15) is 23.7 Å². The minimum atomic E-state index is -1.09. The van der Waals surface area contributed by atoms with Crippen LogP contribution in [0.4, 0.5) is 4.39 Å². The smallest absolute Gasteiger partial charge is 0.305 e. The van der Waals surface area contributed by atoms with Gasteiger partial charge in [0.25, 0.3) is 0 Å². The van der Waals surface area contributed by atoms with E-state index in [0.29, 0.717) is 24.2 Å². The molecule has 0 aliphatic heterocycles. The third kappa shape index (κ3) is 6.72. The molecule has 0 saturated carbocycles. The first-order valence-electron chi connectivity index (χ1n) is 8.04. The number of benzene rings is 1. The van der Waals surface area contributed by atoms with Crippen molar-refractivity contribution in [3.8, 4) is 0 Å². The van der Waals surface area contributed by atoms with E-state index in [9.17, 15) is 14.0 Å². The van der Waals surface area contributed by atoms with Crippen molar-refractivity contribution in [1.29, 1.82) is 0 Å². The van der Waals surface area contributed by atoms with Crippen LogP contribution in [0.5, 0.6) is 0 Å². The molecule has 0 radical (unpaired) electrons. The van der Waals surface area contributed by atoms with Gasteiger partial charge >= 0.3 is 5.97 Å². The second-order valence-corrected chi connectivity index (χ2v) is 5.73. The average molecular weight is 377 g/mol. The SMILES string of the molecule is NC(N)=NCCc1cn(CC(=O)N[C@H](CC(=O)O)c2ccc(F)cc2)nn1. The van der Waals surface area contributed by atoms with Crippen LogP contribution in [0.15, 0.2) is 35.5 Å². The number of aliphatic carboxylic acids is 1. The summed E-state index contributed by atoms with van der Waals surface area (Å²) in [5.41, 5.74) is 11.6. The lowest BCUT2D eigenvalue weighted by Crippen LogP contribution is -2.33. The highest BCUT2D eigenvalue weighted by Gasteiger charge is 2.18. The topological polar surface area (TPSA) is 162 Å². The molecule has 0 unspecified atom stereocenters. The number of carboxylic acid groups (broad SMARTS) is 1. The molecule has 0 bridgehead atoms. The maximum Gasteiger partial charge on any atom is 0.305 e. The molecule has 0 aliphatic carbocycles. The molecule has 1 amide bonds. The van der Waals surface area contributed by atoms with E-state index in [1.54, 1.807) is 6.20 Å². The van der Waals surface area contributed by atoms with E-state index in [-0.39, 0.29) is 18.9 Å². The Kier molecular flexibility index (Phi) is 6.80. The summed E-state index contributed by atoms with van der Waals surface area (Å²) in [6.07, 6.45) is 1.70. The fourth-order valence-electron chi connectivity index (χ4n) is 2.34. The average Bonchev–Trinajstić information content (AvgIpc) is 3.01. The summed E-state index contributed by atoms with van der Waals surface area (Å²) < 4.78 is 14.4. The van der Waals surface area contributed by atoms with Crippen LogP contribution in [-0.4, -0.2) is 44.5 Å². The predicted molar refractivity (Wildman–Crippen MR) is 93.9 cm³/mol. The van der Waals surface area contributed by atoms with Crippen molar-refractivity contribution in [2.75, 3.05) is 6.54 Å². The fraction of sp³-hybridized carbons (Fsp3) is 0.312. The number of amides is 1. The lowest BCUT2D eigenvalue weighted by molar-refractivity contribution is -0.137. The van der Waals surface area contributed by atoms with Crippen molar-refractivity contribution >= 4 is 17.8 Å². The number of hydrogen-bond acceptors (Lipinski definition) is 5. The monoisotopic (exact) mass is 377 g/mol. The number of aromatic nitrogens is 3. The van der Waals surface area contributed by atoms with Crippen molar-refractivity contribution in [2.24, 2.45) is 16.5 Å². The van der Waals surface area contributed by atoms with Crippen LogP contribution in [0.25, 0.3) is 0 Å². The third-order valence-corrected chi connectivity index (χ3v) is 3.54. The molecular formula is C16H20FN7O3. The number of guanidine groups is 1. The molecule has 1 atom stereocenters. The number of aliphatic imine (C=N–C) groups is 1. The normalized spacial score (nSPS) is 11.6. The van der Waals surface area contributed by atoms with E-state index in [1.807, 2.05) is 0 Å². The van der Waals surface area contributed by atoms with Crippen LogP contribution in [-0.2, 0) is 22.6 Å². The van der Waals surface area contributed by atoms with Crippen molar-refractivity contribution in [1.82, 2.24) is 20.3 Å². The molecule has 6 N–H and O–H groups in total. The van der Waals surface area contributed by atoms with Crippen LogP contribution in [0.2, 0.25) is 0 Å². The van der Waals surface area contributed by atoms with Crippen LogP contribution in [0.3, 0.4) is 0 Å². The fourth-order valence-corrected chi connectivity index (χ4v) is 2.34. The Balaban J connectivity index is 1.97. The van der Waals surface area contributed by atoms with E-state index < -0.39 is 23.7 Å². The van der Waals surface area contributed by atoms with Crippen LogP contribution in [0, 0.1) is 5.82 Å². The third-order valence-electron chi connectivity index (χ3n) is 3.54. The summed E-state index contributed by atoms with van der Waals surface area (Å²) in [5.74, 6) is -2.01. The van der Waals surface area contributed by atoms with Gasteiger partial charge in [-0.1, -0.05) is 17.3 Å². The van der Waals surface area contributed by atoms with E-state index in [1.165, 1.54) is 28.9 Å². The lowest BCUT2D eigenvalue weighted by atomic mass is 10.0. The number of rotatable bonds is 9. The van der Waals surface area contributed by atoms with E-state index in [4.69, 9.17) is 16.6 Å². The van der Waals surface area contributed by atoms with Gasteiger partial charge in [-0.15, -0.1) is 5.10 Å². The highest BCUT2D eigenvalue weighted by molar-refractivity contribution is 5.77. The first kappa shape index (κ1) is 19.8. The van der Waals surface area contributed by atoms with Crippen LogP contribution < -0.4 is 16.8 Å². The summed E-state index contributed by atoms with van der Waals surface area (Å²) in [6.45, 7) is 0.199. The summed E-state index contributed by atoms with van der Waals surface area (Å²) in [6, 6.07) is 4.48. The number of hydrogen-bond donors (Lipinski definition) is 4. The molecule has 144 valence electrons. The van der Waals surface area contributed by atoms with E-state index in [0.717, 1.165) is 0 Å². The number of carbonyl (C=O) groups is 2. The van der Waals surface area contributed by atoms with Gasteiger partial charge in [0.05, 0.1) is 18.2 Å². The van der Waals surface area contributed by atoms with Gasteiger partial charge in [-0.2, -0.15) is 0 Å². The van der Waals surface area contributed by atoms with Crippen molar-refractivity contribution in [2.45, 2.75) is 25.4 Å². The van der Waals surface area contributed by atoms with Crippen LogP contribution >= 0.6 is 0 Å². The maximum atomic E-state index is 13.1. The minimum Gasteiger partial charge on any atom is -0.481 e. The Morgan fingerprint density at radius 2 is 2.00 bits per heavy atom. The first-order valence-corrected chi connectivity index (χ1v) is 8.04. The zero-order chi connectivity index (χ0) is 19.8. The molecule has 0 fully saturated rings. The van der Waals surface area contributed by atoms with Gasteiger partial charge in [-0.25, -0.2) is 9.07 Å². The minimum absolute atomic E-state index is 0.0213. The predicted octanol–water partition coefficient (Wildman–Crippen LogP) is -0.435. The Hall–Kier alpha value is -3.50. The van der Waals surface area contributed by atoms with Gasteiger partial charge in [0.2, 0.25) is 5.91 Å². The molecule has 0 aliphatic rings. The number of halogens is 1. The number of nitrogens with two attached hydrogens (primary N) is 2. The van der Waals surface area contributed by atoms with Gasteiger partial charge in [-0.3, -0.25) is 14.6 Å². The number of carbonyl (C=O) groups excluding carboxylic acids is 1. The van der Waals surface area contributed by atoms with Gasteiger partial charge in [0, 0.05) is 19.2 Å². The molecule has 1 aromatic heterocycles. The molecule has 2 aromatic rings. The van der Waals surface area contributed by atoms with Gasteiger partial charge < -0.3 is 21.9 Å². The summed E-state index contributed by atoms with van der Waals surface area (Å²) in [7, 11) is 0. The molecule has 11 heteroatoms. The Labute approximate surface area is 154 Å². The van der Waals surface area contributed by atoms with Gasteiger partial charge in [-0.05, 0) is 17.7 Å². The molecular weight excluding hydrogens is 357 g/mol. The number of nitrogens with one attached hydrogen (secondary N) is 1. The highest BCUT2D eigenvalue weighted by Crippen LogP contribution is 2.17. The quantitative estimate of drug-likeness (QED) is 0.340. The molecule has 0 spiro atoms. The first-order chi connectivity index (χ1) is 12.8. The Morgan fingerprint density at radius 1 is 1.30 bits per heavy atom. The number of nitrogens with zero attached hydrogens (tertiary/aromatic N) is 4. The molecule has 27 heavy (non-hydrogen) atoms. The van der Waals surface area contributed by atoms with E-state index >= 15 is 0 Å². The van der Waals surface area contributed by atoms with Gasteiger partial charge in [0.15, 0.2) is 5.96 Å². The standard InChI is InChI=1S/C16H20FN7O3/c17-11-3-1-10(2-4-11)13(7-15(26)27)21-14(25)9-24-8-12(22-23-24)5-6-20-16(18)19/h1-4,8,13H,5-7,9H2,(H,21,25)(H,26,27)(H4,18,19,20)/t13-/m1/s1. The zero-order valence-corrected chi connectivity index (χ0v) is 14.4. The van der Waals surface area contributed by atoms with E-state index in [2.05, 4.69) is 20.6 Å². The van der Waals surface area contributed by atoms with Crippen molar-refractivity contribution in [3.05, 3.63) is 47.5 Å². The molecule has 10 nitrogen and oxygen atoms in total. The molecule has 1 aromatic carbocycles. The largest absolute Gasteiger partial charge is 0.481 e. The maximum absolute atomic E-state index is 13.1. The Morgan fingerprint density at radius 3 is 2.63 bits per heavy atom. The molecule has 1 heterocycles. The van der Waals surface area contributed by atoms with Gasteiger partial charge in [0.1, 0.15) is 12.4 Å². The lowest BCUT2D eigenvalue weighted by Gasteiger charge is -2.17. The second kappa shape index (κ2) is 9.27. The zero-order valence-electron chi connectivity index (χ0n) is 14.4. The summed E-state index contributed by atoms with van der Waals surface area (Å²) >= 11 is 0. The number of carboxylic acids is 1. The molecule has 0 saturated heterocycles.